The molecule has 0 spiro atoms. The second kappa shape index (κ2) is 5.86. The fraction of sp³-hybridized carbons (Fsp3) is 0.333. The SMILES string of the molecule is C/N=C(\C)C(C(=O)O)C(=O)c1ccc(Br)c(C)n1. The highest BCUT2D eigenvalue weighted by molar-refractivity contribution is 9.10. The van der Waals surface area contributed by atoms with Crippen LogP contribution in [0.25, 0.3) is 0 Å². The number of hydrogen-bond donors (Lipinski definition) is 1. The van der Waals surface area contributed by atoms with Crippen LogP contribution >= 0.6 is 15.9 Å². The van der Waals surface area contributed by atoms with Crippen molar-refractivity contribution in [2.24, 2.45) is 10.9 Å². The Labute approximate surface area is 113 Å². The molecule has 96 valence electrons. The third-order valence-electron chi connectivity index (χ3n) is 2.55. The van der Waals surface area contributed by atoms with Crippen LogP contribution in [0.3, 0.4) is 0 Å². The van der Waals surface area contributed by atoms with Crippen molar-refractivity contribution in [2.45, 2.75) is 13.8 Å². The quantitative estimate of drug-likeness (QED) is 0.524. The van der Waals surface area contributed by atoms with Gasteiger partial charge in [-0.1, -0.05) is 0 Å². The normalized spacial score (nSPS) is 13.2. The lowest BCUT2D eigenvalue weighted by Gasteiger charge is -2.10. The minimum absolute atomic E-state index is 0.131. The number of carboxylic acids is 1. The van der Waals surface area contributed by atoms with Gasteiger partial charge >= 0.3 is 5.97 Å². The van der Waals surface area contributed by atoms with Crippen molar-refractivity contribution in [3.8, 4) is 0 Å². The average Bonchev–Trinajstić information content (AvgIpc) is 2.32. The Balaban J connectivity index is 3.18. The lowest BCUT2D eigenvalue weighted by molar-refractivity contribution is -0.137. The van der Waals surface area contributed by atoms with Gasteiger partial charge in [0, 0.05) is 17.2 Å². The van der Waals surface area contributed by atoms with E-state index in [0.29, 0.717) is 5.69 Å². The van der Waals surface area contributed by atoms with Crippen LogP contribution in [-0.4, -0.2) is 34.6 Å². The zero-order valence-corrected chi connectivity index (χ0v) is 11.9. The lowest BCUT2D eigenvalue weighted by Crippen LogP contribution is -2.31. The van der Waals surface area contributed by atoms with Crippen LogP contribution in [0.4, 0.5) is 0 Å². The second-order valence-corrected chi connectivity index (χ2v) is 4.62. The number of halogens is 1. The molecule has 6 heteroatoms. The lowest BCUT2D eigenvalue weighted by atomic mass is 9.96. The summed E-state index contributed by atoms with van der Waals surface area (Å²) in [4.78, 5) is 31.1. The molecule has 0 radical (unpaired) electrons. The maximum Gasteiger partial charge on any atom is 0.320 e. The highest BCUT2D eigenvalue weighted by Gasteiger charge is 2.30. The van der Waals surface area contributed by atoms with Crippen LogP contribution in [0, 0.1) is 12.8 Å². The monoisotopic (exact) mass is 312 g/mol. The molecule has 5 nitrogen and oxygen atoms in total. The van der Waals surface area contributed by atoms with Gasteiger partial charge in [-0.3, -0.25) is 14.6 Å². The van der Waals surface area contributed by atoms with Crippen molar-refractivity contribution < 1.29 is 14.7 Å². The third-order valence-corrected chi connectivity index (χ3v) is 3.39. The zero-order chi connectivity index (χ0) is 13.9. The van der Waals surface area contributed by atoms with E-state index in [-0.39, 0.29) is 11.4 Å². The van der Waals surface area contributed by atoms with Crippen molar-refractivity contribution in [2.75, 3.05) is 7.05 Å². The number of Topliss-reactive ketones (excluding diaryl/α,β-unsaturated/α-hetero) is 1. The van der Waals surface area contributed by atoms with Crippen LogP contribution in [-0.2, 0) is 4.79 Å². The predicted octanol–water partition coefficient (Wildman–Crippen LogP) is 2.13. The number of aliphatic carboxylic acids is 1. The molecule has 1 atom stereocenters. The standard InChI is InChI=1S/C12H13BrN2O3/c1-6-8(13)4-5-9(15-6)11(16)10(12(17)18)7(2)14-3/h4-5,10H,1-3H3,(H,17,18)/b14-7+. The van der Waals surface area contributed by atoms with Crippen LogP contribution in [0.15, 0.2) is 21.6 Å². The minimum Gasteiger partial charge on any atom is -0.480 e. The molecular weight excluding hydrogens is 300 g/mol. The van der Waals surface area contributed by atoms with Gasteiger partial charge in [-0.2, -0.15) is 0 Å². The van der Waals surface area contributed by atoms with Gasteiger partial charge in [0.05, 0.1) is 5.69 Å². The summed E-state index contributed by atoms with van der Waals surface area (Å²) >= 11 is 3.27. The van der Waals surface area contributed by atoms with Crippen LogP contribution < -0.4 is 0 Å². The first-order valence-electron chi connectivity index (χ1n) is 5.22. The summed E-state index contributed by atoms with van der Waals surface area (Å²) in [5, 5.41) is 9.09. The first-order valence-corrected chi connectivity index (χ1v) is 6.01. The molecule has 1 rings (SSSR count). The van der Waals surface area contributed by atoms with Crippen LogP contribution in [0.1, 0.15) is 23.1 Å². The minimum atomic E-state index is -1.27. The summed E-state index contributed by atoms with van der Waals surface area (Å²) in [6, 6.07) is 3.17. The van der Waals surface area contributed by atoms with Crippen molar-refractivity contribution in [1.29, 1.82) is 0 Å². The average molecular weight is 313 g/mol. The van der Waals surface area contributed by atoms with Crippen molar-refractivity contribution in [3.05, 3.63) is 28.0 Å². The Morgan fingerprint density at radius 1 is 1.44 bits per heavy atom. The van der Waals surface area contributed by atoms with Crippen molar-refractivity contribution in [3.63, 3.8) is 0 Å². The first kappa shape index (κ1) is 14.5. The summed E-state index contributed by atoms with van der Waals surface area (Å²) < 4.78 is 0.770. The molecule has 1 heterocycles. The number of aromatic nitrogens is 1. The van der Waals surface area contributed by atoms with Gasteiger partial charge in [-0.25, -0.2) is 4.98 Å². The molecule has 0 aromatic carbocycles. The number of ketones is 1. The third kappa shape index (κ3) is 3.01. The molecule has 1 aromatic heterocycles. The zero-order valence-electron chi connectivity index (χ0n) is 10.3. The van der Waals surface area contributed by atoms with E-state index in [4.69, 9.17) is 5.11 Å². The van der Waals surface area contributed by atoms with Gasteiger partial charge < -0.3 is 5.11 Å². The number of aryl methyl sites for hydroxylation is 1. The number of pyridine rings is 1. The van der Waals surface area contributed by atoms with E-state index in [1.54, 1.807) is 13.0 Å². The Bertz CT molecular complexity index is 526. The van der Waals surface area contributed by atoms with E-state index >= 15 is 0 Å². The van der Waals surface area contributed by atoms with Gasteiger partial charge in [0.25, 0.3) is 0 Å². The van der Waals surface area contributed by atoms with Crippen molar-refractivity contribution in [1.82, 2.24) is 4.98 Å². The van der Waals surface area contributed by atoms with Gasteiger partial charge in [-0.05, 0) is 41.9 Å². The molecule has 0 aliphatic rings. The largest absolute Gasteiger partial charge is 0.480 e. The van der Waals surface area contributed by atoms with Gasteiger partial charge in [0.15, 0.2) is 5.92 Å². The summed E-state index contributed by atoms with van der Waals surface area (Å²) in [7, 11) is 1.46. The molecule has 18 heavy (non-hydrogen) atoms. The van der Waals surface area contributed by atoms with E-state index in [1.807, 2.05) is 0 Å². The van der Waals surface area contributed by atoms with E-state index < -0.39 is 17.7 Å². The number of nitrogens with zero attached hydrogens (tertiary/aromatic N) is 2. The molecule has 0 amide bonds. The molecule has 1 aromatic rings. The van der Waals surface area contributed by atoms with Crippen LogP contribution in [0.2, 0.25) is 0 Å². The van der Waals surface area contributed by atoms with E-state index in [2.05, 4.69) is 25.9 Å². The topological polar surface area (TPSA) is 79.6 Å². The Kier molecular flexibility index (Phi) is 4.72. The van der Waals surface area contributed by atoms with Crippen molar-refractivity contribution >= 4 is 33.4 Å². The number of rotatable bonds is 4. The molecule has 0 saturated carbocycles. The maximum absolute atomic E-state index is 12.1. The molecule has 0 saturated heterocycles. The predicted molar refractivity (Wildman–Crippen MR) is 71.2 cm³/mol. The molecule has 0 aliphatic heterocycles. The smallest absolute Gasteiger partial charge is 0.320 e. The Hall–Kier alpha value is -1.56. The summed E-state index contributed by atoms with van der Waals surface area (Å²) in [6.07, 6.45) is 0. The van der Waals surface area contributed by atoms with E-state index in [1.165, 1.54) is 20.0 Å². The Morgan fingerprint density at radius 3 is 2.50 bits per heavy atom. The second-order valence-electron chi connectivity index (χ2n) is 3.76. The maximum atomic E-state index is 12.1. The molecule has 1 unspecified atom stereocenters. The molecular formula is C12H13BrN2O3. The number of hydrogen-bond acceptors (Lipinski definition) is 4. The molecule has 0 fully saturated rings. The fourth-order valence-electron chi connectivity index (χ4n) is 1.44. The highest BCUT2D eigenvalue weighted by Crippen LogP contribution is 2.16. The first-order chi connectivity index (χ1) is 8.38. The molecule has 1 N–H and O–H groups in total. The summed E-state index contributed by atoms with van der Waals surface area (Å²) in [6.45, 7) is 3.25. The fourth-order valence-corrected chi connectivity index (χ4v) is 1.66. The molecule has 0 aliphatic carbocycles. The number of aliphatic imine (C=N–C) groups is 1. The van der Waals surface area contributed by atoms with Crippen LogP contribution in [0.5, 0.6) is 0 Å². The highest BCUT2D eigenvalue weighted by atomic mass is 79.9. The number of carbonyl (C=O) groups is 2. The van der Waals surface area contributed by atoms with Gasteiger partial charge in [0.2, 0.25) is 5.78 Å². The van der Waals surface area contributed by atoms with E-state index in [9.17, 15) is 9.59 Å². The molecule has 0 bridgehead atoms. The van der Waals surface area contributed by atoms with Gasteiger partial charge in [-0.15, -0.1) is 0 Å². The Morgan fingerprint density at radius 2 is 2.06 bits per heavy atom. The number of carbonyl (C=O) groups excluding carboxylic acids is 1. The summed E-state index contributed by atoms with van der Waals surface area (Å²) in [5.74, 6) is -3.05. The van der Waals surface area contributed by atoms with Gasteiger partial charge in [0.1, 0.15) is 5.69 Å². The van der Waals surface area contributed by atoms with E-state index in [0.717, 1.165) is 4.47 Å². The number of carboxylic acid groups (broad SMARTS) is 1. The summed E-state index contributed by atoms with van der Waals surface area (Å²) in [5.41, 5.74) is 1.03.